The van der Waals surface area contributed by atoms with Gasteiger partial charge in [-0.1, -0.05) is 6.07 Å². The molecule has 7 nitrogen and oxygen atoms in total. The number of tetrazole rings is 1. The molecule has 0 unspecified atom stereocenters. The van der Waals surface area contributed by atoms with E-state index in [1.807, 2.05) is 12.1 Å². The summed E-state index contributed by atoms with van der Waals surface area (Å²) in [5, 5.41) is 13.8. The Morgan fingerprint density at radius 3 is 2.68 bits per heavy atom. The van der Waals surface area contributed by atoms with Crippen molar-refractivity contribution in [2.24, 2.45) is 0 Å². The van der Waals surface area contributed by atoms with Crippen LogP contribution in [0.4, 0.5) is 5.69 Å². The molecule has 0 fully saturated rings. The first-order valence-electron chi connectivity index (χ1n) is 6.55. The van der Waals surface area contributed by atoms with Crippen molar-refractivity contribution >= 4 is 11.6 Å². The maximum absolute atomic E-state index is 12.2. The van der Waals surface area contributed by atoms with Crippen molar-refractivity contribution in [3.8, 4) is 11.4 Å². The second-order valence-electron chi connectivity index (χ2n) is 4.49. The third kappa shape index (κ3) is 2.93. The van der Waals surface area contributed by atoms with Crippen LogP contribution in [0.2, 0.25) is 0 Å². The molecule has 1 amide bonds. The average Bonchev–Trinajstić information content (AvgIpc) is 3.10. The standard InChI is InChI=1S/C15H13N5O2/c1-22-14-4-2-3-11(9-14)15(21)17-12-5-7-13(8-6-12)20-10-16-18-19-20/h2-10H,1H3,(H,17,21). The number of methoxy groups -OCH3 is 1. The van der Waals surface area contributed by atoms with Crippen LogP contribution in [0, 0.1) is 0 Å². The second-order valence-corrected chi connectivity index (χ2v) is 4.49. The Bertz CT molecular complexity index is 769. The minimum Gasteiger partial charge on any atom is -0.497 e. The molecule has 0 saturated heterocycles. The van der Waals surface area contributed by atoms with Crippen LogP contribution < -0.4 is 10.1 Å². The Morgan fingerprint density at radius 2 is 2.00 bits per heavy atom. The molecule has 1 aromatic heterocycles. The Labute approximate surface area is 126 Å². The van der Waals surface area contributed by atoms with E-state index in [-0.39, 0.29) is 5.91 Å². The molecule has 0 radical (unpaired) electrons. The highest BCUT2D eigenvalue weighted by Crippen LogP contribution is 2.16. The van der Waals surface area contributed by atoms with Gasteiger partial charge in [0.1, 0.15) is 12.1 Å². The van der Waals surface area contributed by atoms with Gasteiger partial charge >= 0.3 is 0 Å². The third-order valence-corrected chi connectivity index (χ3v) is 3.07. The Balaban J connectivity index is 1.74. The number of hydrogen-bond acceptors (Lipinski definition) is 5. The van der Waals surface area contributed by atoms with E-state index in [1.54, 1.807) is 43.5 Å². The Kier molecular flexibility index (Phi) is 3.78. The minimum atomic E-state index is -0.200. The summed E-state index contributed by atoms with van der Waals surface area (Å²) in [6.07, 6.45) is 1.50. The first-order valence-corrected chi connectivity index (χ1v) is 6.55. The topological polar surface area (TPSA) is 81.9 Å². The van der Waals surface area contributed by atoms with Crippen molar-refractivity contribution < 1.29 is 9.53 Å². The summed E-state index contributed by atoms with van der Waals surface area (Å²) >= 11 is 0. The molecule has 0 spiro atoms. The maximum Gasteiger partial charge on any atom is 0.255 e. The number of nitrogens with one attached hydrogen (secondary N) is 1. The lowest BCUT2D eigenvalue weighted by molar-refractivity contribution is 0.102. The van der Waals surface area contributed by atoms with Gasteiger partial charge in [0, 0.05) is 11.3 Å². The van der Waals surface area contributed by atoms with Crippen LogP contribution in [0.3, 0.4) is 0 Å². The van der Waals surface area contributed by atoms with Gasteiger partial charge in [-0.15, -0.1) is 5.10 Å². The van der Waals surface area contributed by atoms with E-state index >= 15 is 0 Å². The van der Waals surface area contributed by atoms with Crippen molar-refractivity contribution in [1.82, 2.24) is 20.2 Å². The monoisotopic (exact) mass is 295 g/mol. The fraction of sp³-hybridized carbons (Fsp3) is 0.0667. The van der Waals surface area contributed by atoms with Gasteiger partial charge in [-0.2, -0.15) is 0 Å². The molecule has 22 heavy (non-hydrogen) atoms. The average molecular weight is 295 g/mol. The molecule has 0 bridgehead atoms. The number of aromatic nitrogens is 4. The summed E-state index contributed by atoms with van der Waals surface area (Å²) in [4.78, 5) is 12.2. The zero-order chi connectivity index (χ0) is 15.4. The summed E-state index contributed by atoms with van der Waals surface area (Å²) in [7, 11) is 1.56. The smallest absolute Gasteiger partial charge is 0.255 e. The Morgan fingerprint density at radius 1 is 1.18 bits per heavy atom. The molecule has 2 aromatic carbocycles. The number of amides is 1. The van der Waals surface area contributed by atoms with E-state index in [0.29, 0.717) is 17.0 Å². The van der Waals surface area contributed by atoms with Crippen molar-refractivity contribution in [2.45, 2.75) is 0 Å². The number of ether oxygens (including phenoxy) is 1. The zero-order valence-corrected chi connectivity index (χ0v) is 11.8. The van der Waals surface area contributed by atoms with E-state index in [1.165, 1.54) is 11.0 Å². The lowest BCUT2D eigenvalue weighted by atomic mass is 10.2. The van der Waals surface area contributed by atoms with E-state index < -0.39 is 0 Å². The predicted molar refractivity (Wildman–Crippen MR) is 80.1 cm³/mol. The lowest BCUT2D eigenvalue weighted by Crippen LogP contribution is -2.11. The van der Waals surface area contributed by atoms with Crippen LogP contribution in [-0.2, 0) is 0 Å². The van der Waals surface area contributed by atoms with Gasteiger partial charge in [-0.25, -0.2) is 4.68 Å². The molecule has 0 saturated carbocycles. The number of carbonyl (C=O) groups excluding carboxylic acids is 1. The SMILES string of the molecule is COc1cccc(C(=O)Nc2ccc(-n3cnnn3)cc2)c1. The normalized spacial score (nSPS) is 10.2. The van der Waals surface area contributed by atoms with Crippen LogP contribution in [-0.4, -0.2) is 33.2 Å². The van der Waals surface area contributed by atoms with Crippen molar-refractivity contribution in [2.75, 3.05) is 12.4 Å². The summed E-state index contributed by atoms with van der Waals surface area (Å²) in [6.45, 7) is 0. The lowest BCUT2D eigenvalue weighted by Gasteiger charge is -2.07. The van der Waals surface area contributed by atoms with Crippen LogP contribution in [0.1, 0.15) is 10.4 Å². The van der Waals surface area contributed by atoms with Gasteiger partial charge in [0.2, 0.25) is 0 Å². The molecule has 0 aliphatic heterocycles. The fourth-order valence-corrected chi connectivity index (χ4v) is 1.94. The van der Waals surface area contributed by atoms with Gasteiger partial charge in [0.25, 0.3) is 5.91 Å². The van der Waals surface area contributed by atoms with E-state index in [2.05, 4.69) is 20.8 Å². The van der Waals surface area contributed by atoms with Gasteiger partial charge in [0.05, 0.1) is 12.8 Å². The second kappa shape index (κ2) is 6.04. The van der Waals surface area contributed by atoms with Gasteiger partial charge in [0.15, 0.2) is 0 Å². The summed E-state index contributed by atoms with van der Waals surface area (Å²) in [5.74, 6) is 0.441. The van der Waals surface area contributed by atoms with E-state index in [4.69, 9.17) is 4.74 Å². The molecule has 7 heteroatoms. The molecule has 0 aliphatic carbocycles. The number of anilines is 1. The van der Waals surface area contributed by atoms with Crippen LogP contribution in [0.5, 0.6) is 5.75 Å². The van der Waals surface area contributed by atoms with Gasteiger partial charge in [-0.3, -0.25) is 4.79 Å². The highest BCUT2D eigenvalue weighted by atomic mass is 16.5. The quantitative estimate of drug-likeness (QED) is 0.795. The van der Waals surface area contributed by atoms with Crippen LogP contribution >= 0.6 is 0 Å². The van der Waals surface area contributed by atoms with Gasteiger partial charge < -0.3 is 10.1 Å². The zero-order valence-electron chi connectivity index (χ0n) is 11.8. The summed E-state index contributed by atoms with van der Waals surface area (Å²) < 4.78 is 6.65. The highest BCUT2D eigenvalue weighted by Gasteiger charge is 2.07. The molecule has 3 aromatic rings. The molecule has 1 N–H and O–H groups in total. The summed E-state index contributed by atoms with van der Waals surface area (Å²) in [6, 6.07) is 14.2. The summed E-state index contributed by atoms with van der Waals surface area (Å²) in [5.41, 5.74) is 2.03. The molecular formula is C15H13N5O2. The molecule has 0 atom stereocenters. The molecule has 1 heterocycles. The van der Waals surface area contributed by atoms with Crippen LogP contribution in [0.25, 0.3) is 5.69 Å². The molecular weight excluding hydrogens is 282 g/mol. The number of nitrogens with zero attached hydrogens (tertiary/aromatic N) is 4. The fourth-order valence-electron chi connectivity index (χ4n) is 1.94. The van der Waals surface area contributed by atoms with Crippen LogP contribution in [0.15, 0.2) is 54.9 Å². The Hall–Kier alpha value is -3.22. The first kappa shape index (κ1) is 13.7. The molecule has 110 valence electrons. The van der Waals surface area contributed by atoms with E-state index in [9.17, 15) is 4.79 Å². The number of hydrogen-bond donors (Lipinski definition) is 1. The first-order chi connectivity index (χ1) is 10.8. The van der Waals surface area contributed by atoms with Crippen molar-refractivity contribution in [1.29, 1.82) is 0 Å². The maximum atomic E-state index is 12.2. The number of benzene rings is 2. The number of rotatable bonds is 4. The third-order valence-electron chi connectivity index (χ3n) is 3.07. The van der Waals surface area contributed by atoms with Crippen molar-refractivity contribution in [3.05, 3.63) is 60.4 Å². The predicted octanol–water partition coefficient (Wildman–Crippen LogP) is 1.92. The number of carbonyl (C=O) groups is 1. The van der Waals surface area contributed by atoms with Gasteiger partial charge in [-0.05, 0) is 52.9 Å². The molecule has 3 rings (SSSR count). The highest BCUT2D eigenvalue weighted by molar-refractivity contribution is 6.04. The van der Waals surface area contributed by atoms with E-state index in [0.717, 1.165) is 5.69 Å². The van der Waals surface area contributed by atoms with Crippen molar-refractivity contribution in [3.63, 3.8) is 0 Å². The minimum absolute atomic E-state index is 0.200. The molecule has 0 aliphatic rings. The largest absolute Gasteiger partial charge is 0.497 e.